The molecule has 164 valence electrons. The van der Waals surface area contributed by atoms with Gasteiger partial charge in [0.15, 0.2) is 0 Å². The predicted molar refractivity (Wildman–Crippen MR) is 124 cm³/mol. The van der Waals surface area contributed by atoms with Crippen molar-refractivity contribution in [3.63, 3.8) is 0 Å². The third-order valence-corrected chi connectivity index (χ3v) is 5.13. The van der Waals surface area contributed by atoms with Gasteiger partial charge in [0.1, 0.15) is 18.9 Å². The van der Waals surface area contributed by atoms with Gasteiger partial charge in [0, 0.05) is 0 Å². The van der Waals surface area contributed by atoms with Gasteiger partial charge < -0.3 is 0 Å². The lowest BCUT2D eigenvalue weighted by Crippen LogP contribution is -2.31. The molecule has 0 aliphatic heterocycles. The van der Waals surface area contributed by atoms with Crippen LogP contribution in [0.3, 0.4) is 0 Å². The van der Waals surface area contributed by atoms with Crippen LogP contribution in [-0.2, 0) is 17.4 Å². The van der Waals surface area contributed by atoms with E-state index in [0.717, 1.165) is 13.1 Å². The minimum Gasteiger partial charge on any atom is -0.283 e. The van der Waals surface area contributed by atoms with Crippen LogP contribution in [0.4, 0.5) is 0 Å². The third kappa shape index (κ3) is 9.82. The number of unbranched alkanes of at least 4 members (excludes halogenated alkanes) is 1. The van der Waals surface area contributed by atoms with Crippen LogP contribution >= 0.6 is 11.9 Å². The molecule has 0 saturated carbocycles. The highest BCUT2D eigenvalue weighted by molar-refractivity contribution is 6.07. The third-order valence-electron chi connectivity index (χ3n) is 5.13. The summed E-state index contributed by atoms with van der Waals surface area (Å²) >= 11 is 4.50. The number of nitrogens with zero attached hydrogens (tertiary/aromatic N) is 2. The number of aryl methyl sites for hydroxylation is 1. The first-order valence-corrected chi connectivity index (χ1v) is 11.1. The van der Waals surface area contributed by atoms with E-state index < -0.39 is 0 Å². The fraction of sp³-hybridized carbons (Fsp3) is 0.640. The van der Waals surface area contributed by atoms with Crippen molar-refractivity contribution in [2.45, 2.75) is 86.7 Å². The molecule has 4 heteroatoms. The standard InChI is InChI=1S/C24H39N2.CH3ClO/c1-8-9-14-25-15-16-26(19-25)18-20-10-12-21(13-11-20)22(24(5,6)7)17-23(2,3)4;1-3-2/h10-13,15-16,19,22H,8-9,14,17-18H2,1-7H3;1H3/q+1;. The summed E-state index contributed by atoms with van der Waals surface area (Å²) in [5.41, 5.74) is 3.46. The molecule has 1 unspecified atom stereocenters. The fourth-order valence-electron chi connectivity index (χ4n) is 3.61. The summed E-state index contributed by atoms with van der Waals surface area (Å²) in [7, 11) is 1.39. The summed E-state index contributed by atoms with van der Waals surface area (Å²) in [6, 6.07) is 9.33. The topological polar surface area (TPSA) is 18.0 Å². The molecule has 29 heavy (non-hydrogen) atoms. The molecule has 0 amide bonds. The van der Waals surface area contributed by atoms with Crippen LogP contribution in [0.5, 0.6) is 0 Å². The van der Waals surface area contributed by atoms with E-state index in [1.54, 1.807) is 0 Å². The van der Waals surface area contributed by atoms with Crippen molar-refractivity contribution in [3.05, 3.63) is 54.1 Å². The van der Waals surface area contributed by atoms with Gasteiger partial charge in [0.05, 0.1) is 25.5 Å². The summed E-state index contributed by atoms with van der Waals surface area (Å²) in [5, 5.41) is 0. The molecule has 2 aromatic rings. The predicted octanol–water partition coefficient (Wildman–Crippen LogP) is 6.98. The molecule has 0 saturated heterocycles. The molecule has 0 spiro atoms. The van der Waals surface area contributed by atoms with Crippen molar-refractivity contribution in [3.8, 4) is 0 Å². The molecule has 1 aromatic heterocycles. The average molecular weight is 422 g/mol. The number of aromatic nitrogens is 2. The minimum atomic E-state index is 0.278. The first kappa shape index (κ1) is 25.7. The van der Waals surface area contributed by atoms with Crippen LogP contribution in [0.1, 0.15) is 84.8 Å². The summed E-state index contributed by atoms with van der Waals surface area (Å²) in [6.45, 7) is 18.4. The Labute approximate surface area is 184 Å². The van der Waals surface area contributed by atoms with Gasteiger partial charge in [-0.15, -0.1) is 0 Å². The van der Waals surface area contributed by atoms with Crippen LogP contribution in [0, 0.1) is 10.8 Å². The molecular formula is C25H42ClN2O+. The maximum Gasteiger partial charge on any atom is 0.244 e. The molecule has 1 atom stereocenters. The second-order valence-electron chi connectivity index (χ2n) is 10.3. The summed E-state index contributed by atoms with van der Waals surface area (Å²) in [5.74, 6) is 0.583. The van der Waals surface area contributed by atoms with Crippen LogP contribution in [0.2, 0.25) is 0 Å². The van der Waals surface area contributed by atoms with Crippen molar-refractivity contribution in [1.82, 2.24) is 4.57 Å². The SMILES string of the molecule is CCCCn1cc[n+](Cc2ccc(C(CC(C)(C)C)C(C)(C)C)cc2)c1.COCl. The zero-order chi connectivity index (χ0) is 22.1. The van der Waals surface area contributed by atoms with E-state index in [1.807, 2.05) is 0 Å². The molecule has 0 N–H and O–H groups in total. The summed E-state index contributed by atoms with van der Waals surface area (Å²) in [6.07, 6.45) is 10.3. The quantitative estimate of drug-likeness (QED) is 0.441. The molecule has 0 fully saturated rings. The molecule has 0 aliphatic rings. The van der Waals surface area contributed by atoms with Gasteiger partial charge >= 0.3 is 0 Å². The fourth-order valence-corrected chi connectivity index (χ4v) is 3.61. The van der Waals surface area contributed by atoms with Crippen molar-refractivity contribution in [2.24, 2.45) is 10.8 Å². The van der Waals surface area contributed by atoms with E-state index in [4.69, 9.17) is 0 Å². The normalized spacial score (nSPS) is 13.0. The highest BCUT2D eigenvalue weighted by Gasteiger charge is 2.30. The maximum atomic E-state index is 4.50. The van der Waals surface area contributed by atoms with Gasteiger partial charge in [-0.05, 0) is 40.7 Å². The largest absolute Gasteiger partial charge is 0.283 e. The Morgan fingerprint density at radius 1 is 1.07 bits per heavy atom. The molecule has 2 rings (SSSR count). The van der Waals surface area contributed by atoms with Crippen LogP contribution < -0.4 is 4.57 Å². The maximum absolute atomic E-state index is 4.50. The van der Waals surface area contributed by atoms with E-state index in [-0.39, 0.29) is 5.41 Å². The Morgan fingerprint density at radius 2 is 1.66 bits per heavy atom. The molecule has 0 bridgehead atoms. The molecule has 0 aliphatic carbocycles. The first-order valence-electron chi connectivity index (χ1n) is 10.8. The molecule has 3 nitrogen and oxygen atoms in total. The van der Waals surface area contributed by atoms with E-state index in [1.165, 1.54) is 37.5 Å². The number of benzene rings is 1. The van der Waals surface area contributed by atoms with Gasteiger partial charge in [0.25, 0.3) is 0 Å². The van der Waals surface area contributed by atoms with Crippen molar-refractivity contribution in [2.75, 3.05) is 7.11 Å². The lowest BCUT2D eigenvalue weighted by molar-refractivity contribution is -0.687. The second-order valence-corrected chi connectivity index (χ2v) is 10.6. The summed E-state index contributed by atoms with van der Waals surface area (Å²) in [4.78, 5) is 0. The Morgan fingerprint density at radius 3 is 2.14 bits per heavy atom. The van der Waals surface area contributed by atoms with Gasteiger partial charge in [-0.25, -0.2) is 9.13 Å². The number of hydrogen-bond acceptors (Lipinski definition) is 1. The zero-order valence-corrected chi connectivity index (χ0v) is 20.6. The van der Waals surface area contributed by atoms with Crippen molar-refractivity contribution < 1.29 is 8.86 Å². The minimum absolute atomic E-state index is 0.278. The number of rotatable bonds is 7. The van der Waals surface area contributed by atoms with Crippen LogP contribution in [0.25, 0.3) is 0 Å². The van der Waals surface area contributed by atoms with Gasteiger partial charge in [-0.2, -0.15) is 0 Å². The number of imidazole rings is 1. The van der Waals surface area contributed by atoms with E-state index in [2.05, 4.69) is 117 Å². The van der Waals surface area contributed by atoms with E-state index in [9.17, 15) is 0 Å². The average Bonchev–Trinajstić information content (AvgIpc) is 3.05. The Bertz CT molecular complexity index is 693. The van der Waals surface area contributed by atoms with Crippen molar-refractivity contribution in [1.29, 1.82) is 0 Å². The Hall–Kier alpha value is -1.32. The molecular weight excluding hydrogens is 380 g/mol. The van der Waals surface area contributed by atoms with Gasteiger partial charge in [-0.1, -0.05) is 79.2 Å². The van der Waals surface area contributed by atoms with Crippen LogP contribution in [-0.4, -0.2) is 11.7 Å². The number of halogens is 1. The lowest BCUT2D eigenvalue weighted by atomic mass is 9.69. The molecule has 0 radical (unpaired) electrons. The molecule has 1 aromatic carbocycles. The second kappa shape index (κ2) is 11.8. The monoisotopic (exact) mass is 421 g/mol. The van der Waals surface area contributed by atoms with Gasteiger partial charge in [-0.3, -0.25) is 4.29 Å². The smallest absolute Gasteiger partial charge is 0.244 e. The Kier molecular flexibility index (Phi) is 10.4. The zero-order valence-electron chi connectivity index (χ0n) is 19.8. The summed E-state index contributed by atoms with van der Waals surface area (Å²) < 4.78 is 8.29. The molecule has 1 heterocycles. The highest BCUT2D eigenvalue weighted by Crippen LogP contribution is 2.42. The lowest BCUT2D eigenvalue weighted by Gasteiger charge is -2.36. The number of hydrogen-bond donors (Lipinski definition) is 0. The van der Waals surface area contributed by atoms with Gasteiger partial charge in [0.2, 0.25) is 6.33 Å². The Balaban J connectivity index is 0.00000132. The van der Waals surface area contributed by atoms with Crippen molar-refractivity contribution >= 4 is 11.9 Å². The first-order chi connectivity index (χ1) is 13.5. The van der Waals surface area contributed by atoms with E-state index >= 15 is 0 Å². The van der Waals surface area contributed by atoms with Crippen LogP contribution in [0.15, 0.2) is 43.0 Å². The van der Waals surface area contributed by atoms with E-state index in [0.29, 0.717) is 11.3 Å². The highest BCUT2D eigenvalue weighted by atomic mass is 35.5.